The number of nitrogens with zero attached hydrogens (tertiary/aromatic N) is 2. The maximum absolute atomic E-state index is 13.0. The number of hydrogen-bond acceptors (Lipinski definition) is 2. The number of guanidine groups is 1. The van der Waals surface area contributed by atoms with Crippen LogP contribution in [0.4, 0.5) is 4.39 Å². The maximum Gasteiger partial charge on any atom is 0.222 e. The normalized spacial score (nSPS) is 17.4. The molecule has 25 heavy (non-hydrogen) atoms. The van der Waals surface area contributed by atoms with Gasteiger partial charge in [-0.2, -0.15) is 0 Å². The largest absolute Gasteiger partial charge is 0.369 e. The van der Waals surface area contributed by atoms with Crippen LogP contribution < -0.4 is 11.1 Å². The van der Waals surface area contributed by atoms with Crippen LogP contribution in [0.2, 0.25) is 0 Å². The lowest BCUT2D eigenvalue weighted by atomic mass is 9.98. The Balaban J connectivity index is 2.03. The van der Waals surface area contributed by atoms with E-state index in [2.05, 4.69) is 22.1 Å². The molecule has 1 aromatic rings. The average molecular weight is 348 g/mol. The van der Waals surface area contributed by atoms with Gasteiger partial charge in [0.15, 0.2) is 5.96 Å². The molecule has 0 bridgehead atoms. The molecule has 5 nitrogen and oxygen atoms in total. The number of nitrogens with two attached hydrogens (primary N) is 1. The van der Waals surface area contributed by atoms with E-state index in [1.54, 1.807) is 12.1 Å². The van der Waals surface area contributed by atoms with Crippen LogP contribution in [0.3, 0.4) is 0 Å². The van der Waals surface area contributed by atoms with Crippen LogP contribution in [0.15, 0.2) is 29.3 Å². The Hall–Kier alpha value is -2.11. The first-order valence-corrected chi connectivity index (χ1v) is 9.06. The van der Waals surface area contributed by atoms with Crippen LogP contribution in [-0.2, 0) is 11.2 Å². The third-order valence-electron chi connectivity index (χ3n) is 4.68. The molecule has 1 aromatic carbocycles. The average Bonchev–Trinajstić information content (AvgIpc) is 2.59. The number of amides is 1. The Morgan fingerprint density at radius 3 is 2.56 bits per heavy atom. The Bertz CT molecular complexity index is 580. The number of halogens is 1. The van der Waals surface area contributed by atoms with Crippen molar-refractivity contribution in [3.63, 3.8) is 0 Å². The van der Waals surface area contributed by atoms with Crippen LogP contribution in [-0.4, -0.2) is 42.9 Å². The smallest absolute Gasteiger partial charge is 0.222 e. The summed E-state index contributed by atoms with van der Waals surface area (Å²) < 4.78 is 13.0. The van der Waals surface area contributed by atoms with Crippen molar-refractivity contribution in [1.29, 1.82) is 0 Å². The number of nitrogens with one attached hydrogen (secondary N) is 1. The lowest BCUT2D eigenvalue weighted by Gasteiger charge is -2.33. The van der Waals surface area contributed by atoms with E-state index in [4.69, 9.17) is 5.73 Å². The Morgan fingerprint density at radius 2 is 2.00 bits per heavy atom. The summed E-state index contributed by atoms with van der Waals surface area (Å²) in [7, 11) is 0. The van der Waals surface area contributed by atoms with Crippen molar-refractivity contribution in [2.75, 3.05) is 26.2 Å². The van der Waals surface area contributed by atoms with E-state index in [-0.39, 0.29) is 11.7 Å². The Morgan fingerprint density at radius 1 is 1.36 bits per heavy atom. The first-order chi connectivity index (χ1) is 12.0. The van der Waals surface area contributed by atoms with Crippen molar-refractivity contribution >= 4 is 11.9 Å². The summed E-state index contributed by atoms with van der Waals surface area (Å²) in [6.07, 6.45) is 2.77. The summed E-state index contributed by atoms with van der Waals surface area (Å²) in [5.41, 5.74) is 6.44. The third kappa shape index (κ3) is 6.03. The van der Waals surface area contributed by atoms with Gasteiger partial charge in [-0.25, -0.2) is 4.39 Å². The molecule has 0 saturated carbocycles. The van der Waals surface area contributed by atoms with Crippen LogP contribution in [0, 0.1) is 17.7 Å². The van der Waals surface area contributed by atoms with Gasteiger partial charge in [0.2, 0.25) is 5.91 Å². The molecular weight excluding hydrogens is 319 g/mol. The van der Waals surface area contributed by atoms with E-state index >= 15 is 0 Å². The van der Waals surface area contributed by atoms with Gasteiger partial charge in [-0.3, -0.25) is 9.79 Å². The number of rotatable bonds is 6. The third-order valence-corrected chi connectivity index (χ3v) is 4.68. The van der Waals surface area contributed by atoms with Crippen molar-refractivity contribution in [2.24, 2.45) is 22.6 Å². The highest BCUT2D eigenvalue weighted by Crippen LogP contribution is 2.16. The summed E-state index contributed by atoms with van der Waals surface area (Å²) in [5.74, 6) is 0.529. The van der Waals surface area contributed by atoms with Crippen LogP contribution >= 0.6 is 0 Å². The molecular formula is C19H29FN4O. The zero-order valence-electron chi connectivity index (χ0n) is 15.2. The standard InChI is InChI=1S/C19H29FN4O/c1-3-22-19(24-10-8-14(2)9-11-24)23-13-16(18(21)25)12-15-4-6-17(20)7-5-15/h4-7,14,16H,3,8-13H2,1-2H3,(H2,21,25)(H,22,23). The van der Waals surface area contributed by atoms with E-state index in [0.717, 1.165) is 49.9 Å². The second-order valence-electron chi connectivity index (χ2n) is 6.79. The highest BCUT2D eigenvalue weighted by Gasteiger charge is 2.20. The number of piperidine rings is 1. The SMILES string of the molecule is CCNC(=NCC(Cc1ccc(F)cc1)C(N)=O)N1CCC(C)CC1. The minimum Gasteiger partial charge on any atom is -0.369 e. The molecule has 0 aliphatic carbocycles. The molecule has 1 saturated heterocycles. The number of likely N-dealkylation sites (tertiary alicyclic amines) is 1. The Labute approximate surface area is 149 Å². The molecule has 1 aliphatic heterocycles. The molecule has 1 fully saturated rings. The molecule has 138 valence electrons. The van der Waals surface area contributed by atoms with Gasteiger partial charge in [0.25, 0.3) is 0 Å². The van der Waals surface area contributed by atoms with Crippen LogP contribution in [0.25, 0.3) is 0 Å². The number of primary amides is 1. The maximum atomic E-state index is 13.0. The van der Waals surface area contributed by atoms with E-state index in [1.807, 2.05) is 6.92 Å². The first-order valence-electron chi connectivity index (χ1n) is 9.06. The molecule has 3 N–H and O–H groups in total. The fraction of sp³-hybridized carbons (Fsp3) is 0.579. The van der Waals surface area contributed by atoms with E-state index in [0.29, 0.717) is 13.0 Å². The highest BCUT2D eigenvalue weighted by atomic mass is 19.1. The zero-order chi connectivity index (χ0) is 18.2. The fourth-order valence-corrected chi connectivity index (χ4v) is 3.00. The van der Waals surface area contributed by atoms with E-state index in [1.165, 1.54) is 12.1 Å². The minimum absolute atomic E-state index is 0.286. The first kappa shape index (κ1) is 19.2. The predicted octanol–water partition coefficient (Wildman–Crippen LogP) is 2.17. The molecule has 1 heterocycles. The van der Waals surface area contributed by atoms with Gasteiger partial charge < -0.3 is 16.0 Å². The topological polar surface area (TPSA) is 70.7 Å². The second-order valence-corrected chi connectivity index (χ2v) is 6.79. The van der Waals surface area contributed by atoms with Gasteiger partial charge in [-0.15, -0.1) is 0 Å². The van der Waals surface area contributed by atoms with Crippen molar-refractivity contribution in [3.8, 4) is 0 Å². The second kappa shape index (κ2) is 9.39. The summed E-state index contributed by atoms with van der Waals surface area (Å²) in [6.45, 7) is 7.38. The zero-order valence-corrected chi connectivity index (χ0v) is 15.2. The monoisotopic (exact) mass is 348 g/mol. The number of aliphatic imine (C=N–C) groups is 1. The molecule has 1 aliphatic rings. The quantitative estimate of drug-likeness (QED) is 0.611. The van der Waals surface area contributed by atoms with Crippen molar-refractivity contribution in [2.45, 2.75) is 33.1 Å². The lowest BCUT2D eigenvalue weighted by Crippen LogP contribution is -2.45. The van der Waals surface area contributed by atoms with Gasteiger partial charge >= 0.3 is 0 Å². The number of benzene rings is 1. The summed E-state index contributed by atoms with van der Waals surface area (Å²) in [6, 6.07) is 6.17. The molecule has 0 radical (unpaired) electrons. The van der Waals surface area contributed by atoms with Crippen molar-refractivity contribution in [1.82, 2.24) is 10.2 Å². The molecule has 2 rings (SSSR count). The Kier molecular flexibility index (Phi) is 7.22. The van der Waals surface area contributed by atoms with Gasteiger partial charge in [0.1, 0.15) is 5.82 Å². The predicted molar refractivity (Wildman–Crippen MR) is 98.7 cm³/mol. The van der Waals surface area contributed by atoms with E-state index in [9.17, 15) is 9.18 Å². The van der Waals surface area contributed by atoms with Gasteiger partial charge in [-0.05, 0) is 49.8 Å². The van der Waals surface area contributed by atoms with Crippen molar-refractivity contribution < 1.29 is 9.18 Å². The lowest BCUT2D eigenvalue weighted by molar-refractivity contribution is -0.121. The highest BCUT2D eigenvalue weighted by molar-refractivity contribution is 5.81. The summed E-state index contributed by atoms with van der Waals surface area (Å²) >= 11 is 0. The molecule has 6 heteroatoms. The molecule has 1 unspecified atom stereocenters. The molecule has 0 aromatic heterocycles. The number of carbonyl (C=O) groups excluding carboxylic acids is 1. The van der Waals surface area contributed by atoms with Crippen LogP contribution in [0.5, 0.6) is 0 Å². The van der Waals surface area contributed by atoms with Crippen molar-refractivity contribution in [3.05, 3.63) is 35.6 Å². The molecule has 0 spiro atoms. The van der Waals surface area contributed by atoms with Gasteiger partial charge in [0.05, 0.1) is 12.5 Å². The van der Waals surface area contributed by atoms with Gasteiger partial charge in [-0.1, -0.05) is 19.1 Å². The molecule has 1 atom stereocenters. The number of carbonyl (C=O) groups is 1. The molecule has 1 amide bonds. The minimum atomic E-state index is -0.400. The fourth-order valence-electron chi connectivity index (χ4n) is 3.00. The van der Waals surface area contributed by atoms with E-state index < -0.39 is 5.92 Å². The number of hydrogen-bond donors (Lipinski definition) is 2. The van der Waals surface area contributed by atoms with Gasteiger partial charge in [0, 0.05) is 19.6 Å². The summed E-state index contributed by atoms with van der Waals surface area (Å²) in [5, 5.41) is 3.31. The summed E-state index contributed by atoms with van der Waals surface area (Å²) in [4.78, 5) is 18.7. The van der Waals surface area contributed by atoms with Crippen LogP contribution in [0.1, 0.15) is 32.3 Å².